The molecule has 0 fully saturated rings. The highest BCUT2D eigenvalue weighted by molar-refractivity contribution is 6.34. The van der Waals surface area contributed by atoms with Gasteiger partial charge in [0.2, 0.25) is 5.91 Å². The van der Waals surface area contributed by atoms with Crippen molar-refractivity contribution in [2.24, 2.45) is 0 Å². The van der Waals surface area contributed by atoms with Gasteiger partial charge in [0.15, 0.2) is 0 Å². The second-order valence-electron chi connectivity index (χ2n) is 3.96. The zero-order valence-corrected chi connectivity index (χ0v) is 11.5. The standard InChI is InChI=1S/C11H13ClN4O4/c1-5(10(17)14-2)15-11(18)7-3-6(16(19)20)4-8(12)9(7)13/h3-5H,13H2,1-2H3,(H,14,17)(H,15,18). The third-order valence-electron chi connectivity index (χ3n) is 2.56. The summed E-state index contributed by atoms with van der Waals surface area (Å²) in [5.74, 6) is -1.13. The van der Waals surface area contributed by atoms with Crippen LogP contribution in [-0.4, -0.2) is 29.8 Å². The smallest absolute Gasteiger partial charge is 0.271 e. The van der Waals surface area contributed by atoms with Crippen LogP contribution in [0.2, 0.25) is 5.02 Å². The quantitative estimate of drug-likeness (QED) is 0.428. The summed E-state index contributed by atoms with van der Waals surface area (Å²) in [6.45, 7) is 1.46. The number of non-ortho nitro benzene ring substituents is 1. The van der Waals surface area contributed by atoms with Crippen LogP contribution in [0.4, 0.5) is 11.4 Å². The summed E-state index contributed by atoms with van der Waals surface area (Å²) in [5, 5.41) is 15.4. The van der Waals surface area contributed by atoms with Crippen LogP contribution in [0.1, 0.15) is 17.3 Å². The molecule has 20 heavy (non-hydrogen) atoms. The average molecular weight is 301 g/mol. The molecule has 0 aliphatic heterocycles. The number of nitrogens with zero attached hydrogens (tertiary/aromatic N) is 1. The van der Waals surface area contributed by atoms with Crippen molar-refractivity contribution < 1.29 is 14.5 Å². The lowest BCUT2D eigenvalue weighted by Crippen LogP contribution is -2.43. The molecule has 0 saturated carbocycles. The maximum atomic E-state index is 12.0. The van der Waals surface area contributed by atoms with Gasteiger partial charge < -0.3 is 16.4 Å². The summed E-state index contributed by atoms with van der Waals surface area (Å²) in [6.07, 6.45) is 0. The Kier molecular flexibility index (Phi) is 4.87. The molecule has 0 heterocycles. The summed E-state index contributed by atoms with van der Waals surface area (Å²) in [7, 11) is 1.42. The topological polar surface area (TPSA) is 127 Å². The molecule has 0 aromatic heterocycles. The van der Waals surface area contributed by atoms with E-state index in [0.717, 1.165) is 12.1 Å². The van der Waals surface area contributed by atoms with Gasteiger partial charge in [-0.05, 0) is 6.92 Å². The summed E-state index contributed by atoms with van der Waals surface area (Å²) >= 11 is 5.74. The predicted octanol–water partition coefficient (Wildman–Crippen LogP) is 0.695. The van der Waals surface area contributed by atoms with E-state index in [1.807, 2.05) is 0 Å². The maximum absolute atomic E-state index is 12.0. The number of benzene rings is 1. The second-order valence-corrected chi connectivity index (χ2v) is 4.36. The molecule has 0 spiro atoms. The Morgan fingerprint density at radius 2 is 2.05 bits per heavy atom. The maximum Gasteiger partial charge on any atom is 0.271 e. The third kappa shape index (κ3) is 3.35. The lowest BCUT2D eigenvalue weighted by Gasteiger charge is -2.13. The minimum Gasteiger partial charge on any atom is -0.397 e. The molecule has 1 rings (SSSR count). The zero-order valence-electron chi connectivity index (χ0n) is 10.8. The van der Waals surface area contributed by atoms with E-state index in [0.29, 0.717) is 0 Å². The first-order chi connectivity index (χ1) is 9.27. The largest absolute Gasteiger partial charge is 0.397 e. The molecule has 2 amide bonds. The highest BCUT2D eigenvalue weighted by atomic mass is 35.5. The number of hydrogen-bond donors (Lipinski definition) is 3. The van der Waals surface area contributed by atoms with Gasteiger partial charge in [-0.1, -0.05) is 11.6 Å². The number of anilines is 1. The number of likely N-dealkylation sites (N-methyl/N-ethyl adjacent to an activating group) is 1. The van der Waals surface area contributed by atoms with E-state index in [9.17, 15) is 19.7 Å². The molecule has 1 atom stereocenters. The minimum absolute atomic E-state index is 0.0844. The van der Waals surface area contributed by atoms with Gasteiger partial charge in [0.1, 0.15) is 6.04 Å². The van der Waals surface area contributed by atoms with Crippen LogP contribution in [0.15, 0.2) is 12.1 Å². The molecule has 8 nitrogen and oxygen atoms in total. The Labute approximate surface area is 119 Å². The Morgan fingerprint density at radius 1 is 1.45 bits per heavy atom. The van der Waals surface area contributed by atoms with Crippen molar-refractivity contribution in [3.05, 3.63) is 32.8 Å². The van der Waals surface area contributed by atoms with Crippen molar-refractivity contribution in [1.82, 2.24) is 10.6 Å². The van der Waals surface area contributed by atoms with E-state index in [4.69, 9.17) is 17.3 Å². The SMILES string of the molecule is CNC(=O)C(C)NC(=O)c1cc([N+](=O)[O-])cc(Cl)c1N. The first kappa shape index (κ1) is 15.7. The number of nitrogen functional groups attached to an aromatic ring is 1. The molecule has 0 radical (unpaired) electrons. The fraction of sp³-hybridized carbons (Fsp3) is 0.273. The normalized spacial score (nSPS) is 11.6. The molecule has 4 N–H and O–H groups in total. The van der Waals surface area contributed by atoms with Crippen molar-refractivity contribution >= 4 is 34.8 Å². The summed E-state index contributed by atoms with van der Waals surface area (Å²) in [5.41, 5.74) is 5.02. The van der Waals surface area contributed by atoms with Crippen LogP contribution >= 0.6 is 11.6 Å². The molecule has 9 heteroatoms. The van der Waals surface area contributed by atoms with Crippen molar-refractivity contribution in [2.75, 3.05) is 12.8 Å². The van der Waals surface area contributed by atoms with Gasteiger partial charge in [-0.25, -0.2) is 0 Å². The number of nitro groups is 1. The number of hydrogen-bond acceptors (Lipinski definition) is 5. The molecular formula is C11H13ClN4O4. The Balaban J connectivity index is 3.09. The highest BCUT2D eigenvalue weighted by Crippen LogP contribution is 2.28. The van der Waals surface area contributed by atoms with Crippen LogP contribution in [0.25, 0.3) is 0 Å². The van der Waals surface area contributed by atoms with Crippen molar-refractivity contribution in [3.8, 4) is 0 Å². The first-order valence-corrected chi connectivity index (χ1v) is 5.91. The fourth-order valence-corrected chi connectivity index (χ4v) is 1.67. The lowest BCUT2D eigenvalue weighted by molar-refractivity contribution is -0.384. The van der Waals surface area contributed by atoms with E-state index in [2.05, 4.69) is 10.6 Å². The number of nitro benzene ring substituents is 1. The molecule has 0 saturated heterocycles. The zero-order chi connectivity index (χ0) is 15.4. The number of halogens is 1. The number of carbonyl (C=O) groups excluding carboxylic acids is 2. The van der Waals surface area contributed by atoms with Crippen molar-refractivity contribution in [3.63, 3.8) is 0 Å². The number of carbonyl (C=O) groups is 2. The van der Waals surface area contributed by atoms with Crippen LogP contribution in [0.5, 0.6) is 0 Å². The van der Waals surface area contributed by atoms with Gasteiger partial charge in [0.25, 0.3) is 11.6 Å². The van der Waals surface area contributed by atoms with Gasteiger partial charge in [0.05, 0.1) is 21.2 Å². The summed E-state index contributed by atoms with van der Waals surface area (Å²) < 4.78 is 0. The van der Waals surface area contributed by atoms with Crippen molar-refractivity contribution in [1.29, 1.82) is 0 Å². The Bertz CT molecular complexity index is 576. The average Bonchev–Trinajstić information content (AvgIpc) is 2.39. The van der Waals surface area contributed by atoms with Gasteiger partial charge in [-0.2, -0.15) is 0 Å². The summed E-state index contributed by atoms with van der Waals surface area (Å²) in [4.78, 5) is 33.3. The molecule has 0 aliphatic rings. The van der Waals surface area contributed by atoms with E-state index in [1.54, 1.807) is 0 Å². The number of rotatable bonds is 4. The number of amides is 2. The van der Waals surface area contributed by atoms with Gasteiger partial charge >= 0.3 is 0 Å². The predicted molar refractivity (Wildman–Crippen MR) is 73.5 cm³/mol. The molecule has 1 aromatic rings. The number of nitrogens with one attached hydrogen (secondary N) is 2. The molecule has 1 aromatic carbocycles. The van der Waals surface area contributed by atoms with E-state index in [-0.39, 0.29) is 22.0 Å². The van der Waals surface area contributed by atoms with E-state index < -0.39 is 22.8 Å². The van der Waals surface area contributed by atoms with Gasteiger partial charge in [0, 0.05) is 19.2 Å². The number of nitrogens with two attached hydrogens (primary N) is 1. The van der Waals surface area contributed by atoms with Crippen LogP contribution in [-0.2, 0) is 4.79 Å². The second kappa shape index (κ2) is 6.20. The summed E-state index contributed by atoms with van der Waals surface area (Å²) in [6, 6.07) is 1.24. The van der Waals surface area contributed by atoms with Gasteiger partial charge in [-0.3, -0.25) is 19.7 Å². The van der Waals surface area contributed by atoms with Crippen molar-refractivity contribution in [2.45, 2.75) is 13.0 Å². The molecular weight excluding hydrogens is 288 g/mol. The molecule has 0 bridgehead atoms. The third-order valence-corrected chi connectivity index (χ3v) is 2.87. The van der Waals surface area contributed by atoms with E-state index >= 15 is 0 Å². The molecule has 0 aliphatic carbocycles. The monoisotopic (exact) mass is 300 g/mol. The van der Waals surface area contributed by atoms with Crippen LogP contribution in [0.3, 0.4) is 0 Å². The van der Waals surface area contributed by atoms with Crippen LogP contribution < -0.4 is 16.4 Å². The minimum atomic E-state index is -0.815. The van der Waals surface area contributed by atoms with Crippen LogP contribution in [0, 0.1) is 10.1 Å². The molecule has 108 valence electrons. The fourth-order valence-electron chi connectivity index (χ4n) is 1.45. The Hall–Kier alpha value is -2.35. The first-order valence-electron chi connectivity index (χ1n) is 5.53. The molecule has 1 unspecified atom stereocenters. The van der Waals surface area contributed by atoms with E-state index in [1.165, 1.54) is 14.0 Å². The lowest BCUT2D eigenvalue weighted by atomic mass is 10.1. The van der Waals surface area contributed by atoms with Gasteiger partial charge in [-0.15, -0.1) is 0 Å². The Morgan fingerprint density at radius 3 is 2.55 bits per heavy atom. The highest BCUT2D eigenvalue weighted by Gasteiger charge is 2.21.